The van der Waals surface area contributed by atoms with Crippen molar-refractivity contribution in [2.75, 3.05) is 7.11 Å². The van der Waals surface area contributed by atoms with Crippen LogP contribution in [0.25, 0.3) is 16.9 Å². The van der Waals surface area contributed by atoms with Crippen LogP contribution in [0.1, 0.15) is 21.6 Å². The van der Waals surface area contributed by atoms with Crippen LogP contribution in [0.4, 0.5) is 4.39 Å². The molecule has 6 heteroatoms. The fourth-order valence-corrected chi connectivity index (χ4v) is 3.19. The zero-order valence-corrected chi connectivity index (χ0v) is 16.0. The molecule has 4 rings (SSSR count). The maximum atomic E-state index is 13.5. The summed E-state index contributed by atoms with van der Waals surface area (Å²) in [7, 11) is 1.54. The minimum atomic E-state index is -0.398. The number of carbonyl (C=O) groups is 1. The van der Waals surface area contributed by atoms with Gasteiger partial charge in [-0.05, 0) is 60.7 Å². The second kappa shape index (κ2) is 8.02. The highest BCUT2D eigenvalue weighted by Gasteiger charge is 2.26. The van der Waals surface area contributed by atoms with E-state index in [0.717, 1.165) is 0 Å². The van der Waals surface area contributed by atoms with Gasteiger partial charge in [0.25, 0.3) is 0 Å². The van der Waals surface area contributed by atoms with Crippen LogP contribution in [-0.2, 0) is 0 Å². The van der Waals surface area contributed by atoms with Crippen LogP contribution in [0.2, 0.25) is 0 Å². The van der Waals surface area contributed by atoms with Gasteiger partial charge in [-0.1, -0.05) is 18.2 Å². The van der Waals surface area contributed by atoms with Gasteiger partial charge in [0.05, 0.1) is 18.4 Å². The maximum absolute atomic E-state index is 13.5. The number of rotatable bonds is 5. The second-order valence-electron chi connectivity index (χ2n) is 6.50. The Balaban J connectivity index is 1.94. The van der Waals surface area contributed by atoms with Crippen molar-refractivity contribution in [2.45, 2.75) is 0 Å². The molecule has 0 aliphatic carbocycles. The first-order chi connectivity index (χ1) is 14.6. The van der Waals surface area contributed by atoms with Crippen LogP contribution in [0.5, 0.6) is 5.75 Å². The van der Waals surface area contributed by atoms with Gasteiger partial charge in [-0.3, -0.25) is 4.79 Å². The monoisotopic (exact) mass is 397 g/mol. The molecule has 0 atom stereocenters. The van der Waals surface area contributed by atoms with E-state index in [1.807, 2.05) is 18.2 Å². The number of halogens is 1. The van der Waals surface area contributed by atoms with Crippen molar-refractivity contribution < 1.29 is 13.9 Å². The largest absolute Gasteiger partial charge is 0.497 e. The van der Waals surface area contributed by atoms with Gasteiger partial charge in [0.1, 0.15) is 23.3 Å². The predicted octanol–water partition coefficient (Wildman–Crippen LogP) is 4.79. The molecular formula is C24H16FN3O2. The summed E-state index contributed by atoms with van der Waals surface area (Å²) in [5.41, 5.74) is 2.17. The molecule has 0 spiro atoms. The van der Waals surface area contributed by atoms with Crippen molar-refractivity contribution in [3.63, 3.8) is 0 Å². The molecule has 0 N–H and O–H groups in total. The topological polar surface area (TPSA) is 67.9 Å². The van der Waals surface area contributed by atoms with Crippen LogP contribution in [0, 0.1) is 17.1 Å². The molecule has 30 heavy (non-hydrogen) atoms. The molecular weight excluding hydrogens is 381 g/mol. The first-order valence-electron chi connectivity index (χ1n) is 9.15. The van der Waals surface area contributed by atoms with Crippen LogP contribution < -0.4 is 4.74 Å². The molecule has 0 amide bonds. The number of carbonyl (C=O) groups excluding carboxylic acids is 1. The van der Waals surface area contributed by atoms with Gasteiger partial charge in [0.2, 0.25) is 0 Å². The Labute approximate surface area is 172 Å². The van der Waals surface area contributed by atoms with E-state index in [9.17, 15) is 14.4 Å². The number of ether oxygens (including phenoxy) is 1. The SMILES string of the molecule is COc1ccc(C(=O)c2c(-c3ccc(F)cc3)nn(-c3ccccc3)c2C#N)cc1. The van der Waals surface area contributed by atoms with Gasteiger partial charge in [0, 0.05) is 11.1 Å². The molecule has 3 aromatic carbocycles. The maximum Gasteiger partial charge on any atom is 0.198 e. The molecule has 0 bridgehead atoms. The first-order valence-corrected chi connectivity index (χ1v) is 9.15. The number of nitriles is 1. The number of methoxy groups -OCH3 is 1. The van der Waals surface area contributed by atoms with Crippen molar-refractivity contribution in [1.29, 1.82) is 5.26 Å². The fraction of sp³-hybridized carbons (Fsp3) is 0.0417. The summed E-state index contributed by atoms with van der Waals surface area (Å²) in [6, 6.07) is 23.5. The molecule has 0 radical (unpaired) electrons. The lowest BCUT2D eigenvalue weighted by atomic mass is 9.97. The molecule has 5 nitrogen and oxygen atoms in total. The van der Waals surface area contributed by atoms with Crippen molar-refractivity contribution in [3.8, 4) is 28.8 Å². The number of para-hydroxylation sites is 1. The summed E-state index contributed by atoms with van der Waals surface area (Å²) < 4.78 is 20.0. The zero-order chi connectivity index (χ0) is 21.1. The predicted molar refractivity (Wildman–Crippen MR) is 110 cm³/mol. The van der Waals surface area contributed by atoms with Crippen molar-refractivity contribution in [1.82, 2.24) is 9.78 Å². The minimum absolute atomic E-state index is 0.112. The van der Waals surface area contributed by atoms with Gasteiger partial charge in [-0.2, -0.15) is 10.4 Å². The Morgan fingerprint density at radius 3 is 2.27 bits per heavy atom. The zero-order valence-electron chi connectivity index (χ0n) is 16.0. The minimum Gasteiger partial charge on any atom is -0.497 e. The Hall–Kier alpha value is -4.24. The molecule has 0 saturated carbocycles. The van der Waals surface area contributed by atoms with Gasteiger partial charge in [0.15, 0.2) is 11.5 Å². The molecule has 1 aromatic heterocycles. The number of aromatic nitrogens is 2. The highest BCUT2D eigenvalue weighted by Crippen LogP contribution is 2.30. The van der Waals surface area contributed by atoms with E-state index < -0.39 is 5.82 Å². The van der Waals surface area contributed by atoms with E-state index in [1.165, 1.54) is 16.8 Å². The third-order valence-corrected chi connectivity index (χ3v) is 4.69. The Kier molecular flexibility index (Phi) is 5.10. The number of nitrogens with zero attached hydrogens (tertiary/aromatic N) is 3. The standard InChI is InChI=1S/C24H16FN3O2/c1-30-20-13-9-17(10-14-20)24(29)22-21(15-26)28(19-5-3-2-4-6-19)27-23(22)16-7-11-18(25)12-8-16/h2-14H,1H3. The lowest BCUT2D eigenvalue weighted by Gasteiger charge is -2.05. The smallest absolute Gasteiger partial charge is 0.198 e. The van der Waals surface area contributed by atoms with Crippen molar-refractivity contribution in [2.24, 2.45) is 0 Å². The quantitative estimate of drug-likeness (QED) is 0.454. The first kappa shape index (κ1) is 19.1. The van der Waals surface area contributed by atoms with Gasteiger partial charge in [-0.25, -0.2) is 9.07 Å². The van der Waals surface area contributed by atoms with Gasteiger partial charge < -0.3 is 4.74 Å². The number of hydrogen-bond donors (Lipinski definition) is 0. The normalized spacial score (nSPS) is 10.4. The van der Waals surface area contributed by atoms with Crippen LogP contribution in [-0.4, -0.2) is 22.7 Å². The Morgan fingerprint density at radius 2 is 1.67 bits per heavy atom. The van der Waals surface area contributed by atoms with Crippen molar-refractivity contribution in [3.05, 3.63) is 102 Å². The molecule has 0 saturated heterocycles. The average Bonchev–Trinajstić information content (AvgIpc) is 3.19. The number of ketones is 1. The summed E-state index contributed by atoms with van der Waals surface area (Å²) in [6.45, 7) is 0. The van der Waals surface area contributed by atoms with Crippen LogP contribution in [0.15, 0.2) is 78.9 Å². The van der Waals surface area contributed by atoms with Crippen LogP contribution in [0.3, 0.4) is 0 Å². The lowest BCUT2D eigenvalue weighted by molar-refractivity contribution is 0.103. The second-order valence-corrected chi connectivity index (χ2v) is 6.50. The molecule has 0 fully saturated rings. The summed E-state index contributed by atoms with van der Waals surface area (Å²) in [6.07, 6.45) is 0. The molecule has 0 unspecified atom stereocenters. The molecule has 0 aliphatic rings. The van der Waals surface area contributed by atoms with Crippen LogP contribution >= 0.6 is 0 Å². The summed E-state index contributed by atoms with van der Waals surface area (Å²) >= 11 is 0. The summed E-state index contributed by atoms with van der Waals surface area (Å²) in [5, 5.41) is 14.5. The molecule has 1 heterocycles. The number of hydrogen-bond acceptors (Lipinski definition) is 4. The van der Waals surface area contributed by atoms with Gasteiger partial charge in [-0.15, -0.1) is 0 Å². The van der Waals surface area contributed by atoms with Gasteiger partial charge >= 0.3 is 0 Å². The van der Waals surface area contributed by atoms with E-state index in [-0.39, 0.29) is 17.0 Å². The summed E-state index contributed by atoms with van der Waals surface area (Å²) in [4.78, 5) is 13.4. The van der Waals surface area contributed by atoms with E-state index in [0.29, 0.717) is 28.3 Å². The Morgan fingerprint density at radius 1 is 1.00 bits per heavy atom. The van der Waals surface area contributed by atoms with E-state index >= 15 is 0 Å². The molecule has 146 valence electrons. The lowest BCUT2D eigenvalue weighted by Crippen LogP contribution is -2.06. The number of benzene rings is 3. The van der Waals surface area contributed by atoms with Crippen molar-refractivity contribution >= 4 is 5.78 Å². The summed E-state index contributed by atoms with van der Waals surface area (Å²) in [5.74, 6) is -0.133. The third-order valence-electron chi connectivity index (χ3n) is 4.69. The fourth-order valence-electron chi connectivity index (χ4n) is 3.19. The van der Waals surface area contributed by atoms with E-state index in [4.69, 9.17) is 4.74 Å². The van der Waals surface area contributed by atoms with E-state index in [1.54, 1.807) is 55.6 Å². The average molecular weight is 397 g/mol. The Bertz CT molecular complexity index is 1240. The highest BCUT2D eigenvalue weighted by atomic mass is 19.1. The molecule has 4 aromatic rings. The third kappa shape index (κ3) is 3.45. The highest BCUT2D eigenvalue weighted by molar-refractivity contribution is 6.13. The molecule has 0 aliphatic heterocycles. The van der Waals surface area contributed by atoms with E-state index in [2.05, 4.69) is 11.2 Å².